The Morgan fingerprint density at radius 3 is 2.62 bits per heavy atom. The molecule has 0 amide bonds. The van der Waals surface area contributed by atoms with E-state index in [1.807, 2.05) is 6.21 Å². The zero-order valence-corrected chi connectivity index (χ0v) is 7.99. The van der Waals surface area contributed by atoms with Gasteiger partial charge in [0.2, 0.25) is 0 Å². The molecule has 0 bridgehead atoms. The van der Waals surface area contributed by atoms with E-state index in [1.165, 1.54) is 6.21 Å². The molecule has 3 nitrogen and oxygen atoms in total. The van der Waals surface area contributed by atoms with E-state index in [1.54, 1.807) is 7.05 Å². The van der Waals surface area contributed by atoms with Crippen molar-refractivity contribution in [3.8, 4) is 0 Å². The van der Waals surface area contributed by atoms with Gasteiger partial charge in [0.1, 0.15) is 5.78 Å². The Balaban J connectivity index is 2.50. The number of rotatable bonds is 3. The number of ketones is 1. The fourth-order valence-corrected chi connectivity index (χ4v) is 1.82. The van der Waals surface area contributed by atoms with Gasteiger partial charge in [-0.2, -0.15) is 0 Å². The maximum atomic E-state index is 11.0. The first-order valence-corrected chi connectivity index (χ1v) is 4.72. The lowest BCUT2D eigenvalue weighted by Crippen LogP contribution is -2.23. The highest BCUT2D eigenvalue weighted by Gasteiger charge is 2.23. The van der Waals surface area contributed by atoms with E-state index in [-0.39, 0.29) is 5.92 Å². The van der Waals surface area contributed by atoms with Gasteiger partial charge in [0.05, 0.1) is 0 Å². The average Bonchev–Trinajstić information content (AvgIpc) is 2.16. The molecule has 13 heavy (non-hydrogen) atoms. The van der Waals surface area contributed by atoms with Gasteiger partial charge in [0.25, 0.3) is 0 Å². The molecule has 0 aromatic carbocycles. The number of Topliss-reactive ketones (excluding diaryl/α,β-unsaturated/α-hetero) is 1. The van der Waals surface area contributed by atoms with Crippen LogP contribution >= 0.6 is 0 Å². The predicted octanol–water partition coefficient (Wildman–Crippen LogP) is 1.71. The van der Waals surface area contributed by atoms with Crippen molar-refractivity contribution in [2.75, 3.05) is 7.05 Å². The predicted molar refractivity (Wildman–Crippen MR) is 53.7 cm³/mol. The highest BCUT2D eigenvalue weighted by Crippen LogP contribution is 2.26. The molecule has 0 aromatic rings. The van der Waals surface area contributed by atoms with Gasteiger partial charge in [-0.3, -0.25) is 4.79 Å². The lowest BCUT2D eigenvalue weighted by Gasteiger charge is -2.24. The number of nitrogens with zero attached hydrogens (tertiary/aromatic N) is 1. The van der Waals surface area contributed by atoms with Crippen molar-refractivity contribution >= 4 is 18.2 Å². The Labute approximate surface area is 78.8 Å². The van der Waals surface area contributed by atoms with Crippen LogP contribution in [-0.4, -0.2) is 25.3 Å². The van der Waals surface area contributed by atoms with E-state index in [9.17, 15) is 4.79 Å². The minimum Gasteiger partial charge on any atom is -0.312 e. The van der Waals surface area contributed by atoms with E-state index in [2.05, 4.69) is 4.99 Å². The van der Waals surface area contributed by atoms with Gasteiger partial charge in [-0.1, -0.05) is 0 Å². The lowest BCUT2D eigenvalue weighted by atomic mass is 9.80. The van der Waals surface area contributed by atoms with Crippen LogP contribution in [-0.2, 0) is 4.79 Å². The van der Waals surface area contributed by atoms with Crippen molar-refractivity contribution in [1.29, 1.82) is 5.41 Å². The molecule has 1 saturated carbocycles. The molecule has 1 unspecified atom stereocenters. The summed E-state index contributed by atoms with van der Waals surface area (Å²) in [6.45, 7) is 0. The minimum atomic E-state index is 0.137. The molecule has 1 rings (SSSR count). The van der Waals surface area contributed by atoms with Gasteiger partial charge >= 0.3 is 0 Å². The summed E-state index contributed by atoms with van der Waals surface area (Å²) in [5.74, 6) is 0.963. The summed E-state index contributed by atoms with van der Waals surface area (Å²) >= 11 is 0. The fourth-order valence-electron chi connectivity index (χ4n) is 1.82. The highest BCUT2D eigenvalue weighted by atomic mass is 16.1. The first kappa shape index (κ1) is 10.1. The highest BCUT2D eigenvalue weighted by molar-refractivity contribution is 5.83. The number of aliphatic imine (C=N–C) groups is 1. The largest absolute Gasteiger partial charge is 0.312 e. The topological polar surface area (TPSA) is 53.3 Å². The van der Waals surface area contributed by atoms with Crippen LogP contribution in [0.5, 0.6) is 0 Å². The molecular formula is C10H16N2O. The molecule has 1 aliphatic rings. The maximum Gasteiger partial charge on any atom is 0.132 e. The molecule has 0 aromatic heterocycles. The third-order valence-corrected chi connectivity index (χ3v) is 2.65. The summed E-state index contributed by atoms with van der Waals surface area (Å²) in [7, 11) is 1.73. The van der Waals surface area contributed by atoms with Crippen molar-refractivity contribution in [2.24, 2.45) is 16.8 Å². The Kier molecular flexibility index (Phi) is 3.80. The van der Waals surface area contributed by atoms with E-state index in [0.29, 0.717) is 24.5 Å². The zero-order valence-electron chi connectivity index (χ0n) is 7.99. The first-order chi connectivity index (χ1) is 6.27. The zero-order chi connectivity index (χ0) is 9.68. The van der Waals surface area contributed by atoms with Crippen LogP contribution in [0.3, 0.4) is 0 Å². The maximum absolute atomic E-state index is 11.0. The summed E-state index contributed by atoms with van der Waals surface area (Å²) in [5, 5.41) is 7.25. The molecule has 3 heteroatoms. The van der Waals surface area contributed by atoms with Crippen molar-refractivity contribution < 1.29 is 4.79 Å². The second-order valence-electron chi connectivity index (χ2n) is 3.53. The molecule has 1 N–H and O–H groups in total. The van der Waals surface area contributed by atoms with E-state index in [0.717, 1.165) is 12.8 Å². The van der Waals surface area contributed by atoms with Crippen molar-refractivity contribution in [1.82, 2.24) is 0 Å². The number of hydrogen-bond donors (Lipinski definition) is 1. The molecule has 0 saturated heterocycles. The second-order valence-corrected chi connectivity index (χ2v) is 3.53. The number of nitrogens with one attached hydrogen (secondary N) is 1. The second kappa shape index (κ2) is 4.90. The SMILES string of the molecule is CN=CC(C=N)C1CCC(=O)CC1. The first-order valence-electron chi connectivity index (χ1n) is 4.72. The standard InChI is InChI=1S/C10H16N2O/c1-12-7-9(6-11)8-2-4-10(13)5-3-8/h6-9,11H,2-5H2,1H3. The van der Waals surface area contributed by atoms with Gasteiger partial charge in [0, 0.05) is 38.2 Å². The average molecular weight is 180 g/mol. The van der Waals surface area contributed by atoms with Crippen LogP contribution in [0.2, 0.25) is 0 Å². The van der Waals surface area contributed by atoms with E-state index < -0.39 is 0 Å². The summed E-state index contributed by atoms with van der Waals surface area (Å²) < 4.78 is 0. The van der Waals surface area contributed by atoms with Crippen LogP contribution in [0.25, 0.3) is 0 Å². The molecule has 1 aliphatic carbocycles. The Morgan fingerprint density at radius 1 is 1.54 bits per heavy atom. The number of carbonyl (C=O) groups is 1. The molecule has 0 spiro atoms. The monoisotopic (exact) mass is 180 g/mol. The van der Waals surface area contributed by atoms with Gasteiger partial charge in [0.15, 0.2) is 0 Å². The third kappa shape index (κ3) is 2.76. The summed E-state index contributed by atoms with van der Waals surface area (Å²) in [5.41, 5.74) is 0. The van der Waals surface area contributed by atoms with Gasteiger partial charge < -0.3 is 10.4 Å². The summed E-state index contributed by atoms with van der Waals surface area (Å²) in [6, 6.07) is 0. The van der Waals surface area contributed by atoms with E-state index >= 15 is 0 Å². The lowest BCUT2D eigenvalue weighted by molar-refractivity contribution is -0.121. The quantitative estimate of drug-likeness (QED) is 0.660. The van der Waals surface area contributed by atoms with Crippen molar-refractivity contribution in [2.45, 2.75) is 25.7 Å². The molecule has 72 valence electrons. The summed E-state index contributed by atoms with van der Waals surface area (Å²) in [4.78, 5) is 14.9. The molecular weight excluding hydrogens is 164 g/mol. The smallest absolute Gasteiger partial charge is 0.132 e. The van der Waals surface area contributed by atoms with E-state index in [4.69, 9.17) is 5.41 Å². The van der Waals surface area contributed by atoms with Gasteiger partial charge in [-0.15, -0.1) is 0 Å². The molecule has 1 fully saturated rings. The molecule has 0 heterocycles. The third-order valence-electron chi connectivity index (χ3n) is 2.65. The molecule has 1 atom stereocenters. The minimum absolute atomic E-state index is 0.137. The van der Waals surface area contributed by atoms with Crippen molar-refractivity contribution in [3.05, 3.63) is 0 Å². The van der Waals surface area contributed by atoms with Gasteiger partial charge in [-0.25, -0.2) is 0 Å². The van der Waals surface area contributed by atoms with Crippen LogP contribution in [0.4, 0.5) is 0 Å². The Bertz CT molecular complexity index is 213. The van der Waals surface area contributed by atoms with Crippen LogP contribution in [0, 0.1) is 17.2 Å². The van der Waals surface area contributed by atoms with Crippen LogP contribution in [0.15, 0.2) is 4.99 Å². The number of carbonyl (C=O) groups excluding carboxylic acids is 1. The van der Waals surface area contributed by atoms with Crippen molar-refractivity contribution in [3.63, 3.8) is 0 Å². The Hall–Kier alpha value is -0.990. The number of hydrogen-bond acceptors (Lipinski definition) is 3. The van der Waals surface area contributed by atoms with Gasteiger partial charge in [-0.05, 0) is 18.8 Å². The summed E-state index contributed by atoms with van der Waals surface area (Å²) in [6.07, 6.45) is 6.47. The normalized spacial score (nSPS) is 22.1. The fraction of sp³-hybridized carbons (Fsp3) is 0.700. The Morgan fingerprint density at radius 2 is 2.15 bits per heavy atom. The van der Waals surface area contributed by atoms with Crippen LogP contribution < -0.4 is 0 Å². The molecule has 0 aliphatic heterocycles. The van der Waals surface area contributed by atoms with Crippen LogP contribution in [0.1, 0.15) is 25.7 Å². The molecule has 0 radical (unpaired) electrons.